The van der Waals surface area contributed by atoms with Gasteiger partial charge >= 0.3 is 7.32 Å². The molecule has 0 amide bonds. The normalized spacial score (nSPS) is 10.7. The van der Waals surface area contributed by atoms with E-state index < -0.39 is 7.32 Å². The zero-order chi connectivity index (χ0) is 20.7. The first kappa shape index (κ1) is 27.2. The van der Waals surface area contributed by atoms with E-state index >= 15 is 0 Å². The van der Waals surface area contributed by atoms with Crippen LogP contribution in [0, 0.1) is 0 Å². The molecule has 3 heterocycles. The molecule has 0 atom stereocenters. The third kappa shape index (κ3) is 6.09. The Morgan fingerprint density at radius 3 is 0.931 bits per heavy atom. The molecule has 1 radical (unpaired) electrons. The summed E-state index contributed by atoms with van der Waals surface area (Å²) >= 11 is 30.0. The molecule has 0 spiro atoms. The van der Waals surface area contributed by atoms with Crippen molar-refractivity contribution < 1.29 is 31.3 Å². The Kier molecular flexibility index (Phi) is 10.7. The summed E-state index contributed by atoms with van der Waals surface area (Å²) in [5, 5.41) is 12.5. The van der Waals surface area contributed by atoms with Crippen molar-refractivity contribution in [2.45, 2.75) is 0 Å². The van der Waals surface area contributed by atoms with Gasteiger partial charge in [0.05, 0.1) is 13.4 Å². The maximum atomic E-state index is 5.69. The molecule has 0 saturated heterocycles. The smallest absolute Gasteiger partial charge is 0.379 e. The summed E-state index contributed by atoms with van der Waals surface area (Å²) in [6.45, 7) is 0. The predicted molar refractivity (Wildman–Crippen MR) is 131 cm³/mol. The molecule has 0 fully saturated rings. The topological polar surface area (TPSA) is 81.1 Å². The van der Waals surface area contributed by atoms with Crippen LogP contribution < -0.4 is 14.3 Å². The van der Waals surface area contributed by atoms with E-state index in [0.29, 0.717) is 41.0 Å². The van der Waals surface area contributed by atoms with Gasteiger partial charge < -0.3 is 14.3 Å². The average molecular weight is 1030 g/mol. The summed E-state index contributed by atoms with van der Waals surface area (Å²) in [6, 6.07) is 0. The molecule has 3 aromatic heterocycles. The van der Waals surface area contributed by atoms with Crippen LogP contribution in [0.1, 0.15) is 0 Å². The molecular formula is C9BBr9CuN6O3. The van der Waals surface area contributed by atoms with Crippen molar-refractivity contribution in [2.24, 2.45) is 0 Å². The molecule has 3 aromatic rings. The molecule has 0 bridgehead atoms. The third-order valence-corrected chi connectivity index (χ3v) is 11.9. The Morgan fingerprint density at radius 1 is 0.517 bits per heavy atom. The predicted octanol–water partition coefficient (Wildman–Crippen LogP) is 5.81. The van der Waals surface area contributed by atoms with Crippen LogP contribution in [-0.4, -0.2) is 37.2 Å². The van der Waals surface area contributed by atoms with Crippen molar-refractivity contribution >= 4 is 151 Å². The van der Waals surface area contributed by atoms with E-state index in [1.807, 2.05) is 0 Å². The summed E-state index contributed by atoms with van der Waals surface area (Å²) in [4.78, 5) is 3.46. The van der Waals surface area contributed by atoms with Crippen LogP contribution in [0.2, 0.25) is 0 Å². The fourth-order valence-corrected chi connectivity index (χ4v) is 5.06. The molecule has 0 aromatic carbocycles. The van der Waals surface area contributed by atoms with Crippen molar-refractivity contribution in [3.05, 3.63) is 41.0 Å². The third-order valence-electron chi connectivity index (χ3n) is 2.68. The Hall–Kier alpha value is 1.93. The van der Waals surface area contributed by atoms with E-state index in [1.165, 1.54) is 0 Å². The van der Waals surface area contributed by atoms with E-state index in [-0.39, 0.29) is 17.1 Å². The molecule has 3 rings (SSSR count). The van der Waals surface area contributed by atoms with E-state index in [9.17, 15) is 0 Å². The maximum absolute atomic E-state index is 5.69. The molecular weight excluding hydrogens is 1030 g/mol. The van der Waals surface area contributed by atoms with Crippen LogP contribution in [-0.2, 0) is 17.1 Å². The summed E-state index contributed by atoms with van der Waals surface area (Å²) in [7, 11) is -1.37. The Bertz CT molecular complexity index is 915. The zero-order valence-corrected chi connectivity index (χ0v) is 27.9. The van der Waals surface area contributed by atoms with Gasteiger partial charge in [0.25, 0.3) is 0 Å². The molecule has 0 aliphatic rings. The van der Waals surface area contributed by atoms with Crippen LogP contribution >= 0.6 is 143 Å². The van der Waals surface area contributed by atoms with Gasteiger partial charge in [-0.25, -0.2) is 0 Å². The Morgan fingerprint density at radius 2 is 0.759 bits per heavy atom. The van der Waals surface area contributed by atoms with Crippen LogP contribution in [0.15, 0.2) is 41.0 Å². The molecule has 161 valence electrons. The monoisotopic (exact) mass is 1020 g/mol. The van der Waals surface area contributed by atoms with E-state index in [4.69, 9.17) is 14.3 Å². The van der Waals surface area contributed by atoms with Crippen molar-refractivity contribution in [3.63, 3.8) is 0 Å². The quantitative estimate of drug-likeness (QED) is 0.291. The molecule has 0 unspecified atom stereocenters. The number of aromatic nitrogens is 6. The van der Waals surface area contributed by atoms with Gasteiger partial charge in [0.15, 0.2) is 13.8 Å². The first-order valence-electron chi connectivity index (χ1n) is 6.40. The first-order valence-corrected chi connectivity index (χ1v) is 13.5. The molecule has 20 heteroatoms. The second kappa shape index (κ2) is 11.4. The zero-order valence-electron chi connectivity index (χ0n) is 12.7. The van der Waals surface area contributed by atoms with E-state index in [0.717, 1.165) is 14.5 Å². The Labute approximate surface area is 249 Å². The van der Waals surface area contributed by atoms with Gasteiger partial charge in [-0.3, -0.25) is 0 Å². The number of rotatable bonds is 6. The van der Waals surface area contributed by atoms with Crippen LogP contribution in [0.3, 0.4) is 0 Å². The van der Waals surface area contributed by atoms with Gasteiger partial charge in [-0.2, -0.15) is 0 Å². The van der Waals surface area contributed by atoms with Gasteiger partial charge in [-0.05, 0) is 143 Å². The standard InChI is InChI=1S/C9BBr9N6O3.Cu/c11-1-4(14)20-23(7(1)17)26-10(27-24-8(18)2(12)5(15)21-24)28-25-9(19)3(13)6(16)22-25;. The fraction of sp³-hybridized carbons (Fsp3) is 0. The van der Waals surface area contributed by atoms with Gasteiger partial charge in [0.2, 0.25) is 0 Å². The van der Waals surface area contributed by atoms with Crippen molar-refractivity contribution in [2.75, 3.05) is 0 Å². The average Bonchev–Trinajstić information content (AvgIpc) is 3.14. The van der Waals surface area contributed by atoms with Gasteiger partial charge in [-0.1, -0.05) is 0 Å². The van der Waals surface area contributed by atoms with Gasteiger partial charge in [0, 0.05) is 17.1 Å². The largest absolute Gasteiger partial charge is 0.929 e. The van der Waals surface area contributed by atoms with Crippen molar-refractivity contribution in [1.82, 2.24) is 29.8 Å². The SMILES string of the molecule is Brc1nn(OB(On2nc(Br)c(Br)c2Br)On2nc(Br)c(Br)c2Br)c(Br)c1Br.[Cu]. The summed E-state index contributed by atoms with van der Waals surface area (Å²) in [5.41, 5.74) is 0. The summed E-state index contributed by atoms with van der Waals surface area (Å²) in [6.07, 6.45) is 0. The molecule has 29 heavy (non-hydrogen) atoms. The number of hydrogen-bond donors (Lipinski definition) is 0. The number of hydrogen-bond acceptors (Lipinski definition) is 6. The minimum Gasteiger partial charge on any atom is -0.379 e. The van der Waals surface area contributed by atoms with E-state index in [1.54, 1.807) is 0 Å². The minimum absolute atomic E-state index is 0. The van der Waals surface area contributed by atoms with Crippen LogP contribution in [0.4, 0.5) is 0 Å². The van der Waals surface area contributed by atoms with Crippen LogP contribution in [0.5, 0.6) is 0 Å². The molecule has 0 saturated carbocycles. The summed E-state index contributed by atoms with van der Waals surface area (Å²) < 4.78 is 22.0. The molecule has 0 aliphatic carbocycles. The van der Waals surface area contributed by atoms with Gasteiger partial charge in [0.1, 0.15) is 13.8 Å². The van der Waals surface area contributed by atoms with Crippen molar-refractivity contribution in [3.8, 4) is 0 Å². The number of halogens is 9. The number of nitrogens with zero attached hydrogens (tertiary/aromatic N) is 6. The van der Waals surface area contributed by atoms with Crippen molar-refractivity contribution in [1.29, 1.82) is 0 Å². The molecule has 0 aliphatic heterocycles. The first-order chi connectivity index (χ1) is 13.1. The van der Waals surface area contributed by atoms with Crippen LogP contribution in [0.25, 0.3) is 0 Å². The second-order valence-electron chi connectivity index (χ2n) is 4.41. The van der Waals surface area contributed by atoms with E-state index in [2.05, 4.69) is 159 Å². The second-order valence-corrected chi connectivity index (χ2v) is 11.3. The molecule has 0 N–H and O–H groups in total. The maximum Gasteiger partial charge on any atom is 0.929 e. The molecule has 9 nitrogen and oxygen atoms in total. The summed E-state index contributed by atoms with van der Waals surface area (Å²) in [5.74, 6) is 0. The minimum atomic E-state index is -1.37. The Balaban J connectivity index is 0.00000300. The fourth-order valence-electron chi connectivity index (χ4n) is 1.52. The van der Waals surface area contributed by atoms with Gasteiger partial charge in [-0.15, -0.1) is 29.8 Å².